The normalized spacial score (nSPS) is 20.0. The van der Waals surface area contributed by atoms with Crippen LogP contribution in [0.25, 0.3) is 0 Å². The first-order valence-electron chi connectivity index (χ1n) is 7.74. The van der Waals surface area contributed by atoms with Crippen LogP contribution >= 0.6 is 0 Å². The molecule has 1 aromatic rings. The largest absolute Gasteiger partial charge is 0.380 e. The van der Waals surface area contributed by atoms with Gasteiger partial charge in [-0.25, -0.2) is 4.68 Å². The van der Waals surface area contributed by atoms with Crippen molar-refractivity contribution in [1.82, 2.24) is 9.78 Å². The van der Waals surface area contributed by atoms with Gasteiger partial charge in [0.15, 0.2) is 0 Å². The first kappa shape index (κ1) is 16.0. The Labute approximate surface area is 125 Å². The van der Waals surface area contributed by atoms with Crippen molar-refractivity contribution in [1.29, 1.82) is 0 Å². The maximum atomic E-state index is 12.1. The van der Waals surface area contributed by atoms with E-state index in [1.165, 1.54) is 4.68 Å². The standard InChI is InChI=1S/C15H26N4O2/c1-3-12(16)5-4-7-19-15(20)9-13(10-17-19)18-8-6-14(11-18)21-2/h9-10,12,14H,3-8,11,16H2,1-2H3. The van der Waals surface area contributed by atoms with E-state index in [9.17, 15) is 4.79 Å². The van der Waals surface area contributed by atoms with Crippen molar-refractivity contribution in [2.45, 2.75) is 51.3 Å². The Morgan fingerprint density at radius 3 is 3.00 bits per heavy atom. The van der Waals surface area contributed by atoms with Gasteiger partial charge in [-0.15, -0.1) is 0 Å². The van der Waals surface area contributed by atoms with Gasteiger partial charge in [0.25, 0.3) is 5.56 Å². The van der Waals surface area contributed by atoms with E-state index >= 15 is 0 Å². The molecule has 2 unspecified atom stereocenters. The number of hydrogen-bond acceptors (Lipinski definition) is 5. The lowest BCUT2D eigenvalue weighted by atomic mass is 10.1. The third-order valence-corrected chi connectivity index (χ3v) is 4.17. The van der Waals surface area contributed by atoms with Crippen LogP contribution in [0.4, 0.5) is 5.69 Å². The summed E-state index contributed by atoms with van der Waals surface area (Å²) in [4.78, 5) is 14.3. The molecule has 118 valence electrons. The lowest BCUT2D eigenvalue weighted by Gasteiger charge is -2.18. The van der Waals surface area contributed by atoms with Crippen LogP contribution in [0.1, 0.15) is 32.6 Å². The van der Waals surface area contributed by atoms with Gasteiger partial charge in [0.05, 0.1) is 18.0 Å². The van der Waals surface area contributed by atoms with Crippen LogP contribution in [-0.4, -0.2) is 42.1 Å². The van der Waals surface area contributed by atoms with Crippen molar-refractivity contribution >= 4 is 5.69 Å². The predicted molar refractivity (Wildman–Crippen MR) is 83.6 cm³/mol. The summed E-state index contributed by atoms with van der Waals surface area (Å²) in [6, 6.07) is 1.89. The highest BCUT2D eigenvalue weighted by atomic mass is 16.5. The van der Waals surface area contributed by atoms with E-state index < -0.39 is 0 Å². The second-order valence-electron chi connectivity index (χ2n) is 5.68. The van der Waals surface area contributed by atoms with Crippen molar-refractivity contribution in [3.8, 4) is 0 Å². The highest BCUT2D eigenvalue weighted by Gasteiger charge is 2.22. The van der Waals surface area contributed by atoms with Gasteiger partial charge in [-0.2, -0.15) is 5.10 Å². The fourth-order valence-corrected chi connectivity index (χ4v) is 2.63. The smallest absolute Gasteiger partial charge is 0.268 e. The molecule has 1 aromatic heterocycles. The van der Waals surface area contributed by atoms with Gasteiger partial charge in [0.2, 0.25) is 0 Å². The molecule has 2 heterocycles. The zero-order valence-corrected chi connectivity index (χ0v) is 13.0. The number of ether oxygens (including phenoxy) is 1. The van der Waals surface area contributed by atoms with E-state index in [4.69, 9.17) is 10.5 Å². The molecular weight excluding hydrogens is 268 g/mol. The summed E-state index contributed by atoms with van der Waals surface area (Å²) in [5.74, 6) is 0. The van der Waals surface area contributed by atoms with Gasteiger partial charge in [-0.3, -0.25) is 4.79 Å². The fraction of sp³-hybridized carbons (Fsp3) is 0.733. The van der Waals surface area contributed by atoms with E-state index in [0.29, 0.717) is 6.54 Å². The molecule has 0 saturated carbocycles. The van der Waals surface area contributed by atoms with E-state index in [-0.39, 0.29) is 17.7 Å². The van der Waals surface area contributed by atoms with E-state index in [0.717, 1.165) is 44.5 Å². The second-order valence-corrected chi connectivity index (χ2v) is 5.68. The Morgan fingerprint density at radius 1 is 1.57 bits per heavy atom. The maximum Gasteiger partial charge on any atom is 0.268 e. The van der Waals surface area contributed by atoms with Gasteiger partial charge < -0.3 is 15.4 Å². The van der Waals surface area contributed by atoms with Crippen molar-refractivity contribution in [3.63, 3.8) is 0 Å². The molecule has 2 N–H and O–H groups in total. The summed E-state index contributed by atoms with van der Waals surface area (Å²) < 4.78 is 6.87. The van der Waals surface area contributed by atoms with Gasteiger partial charge in [-0.1, -0.05) is 6.92 Å². The minimum absolute atomic E-state index is 0.0431. The molecule has 0 radical (unpaired) electrons. The maximum absolute atomic E-state index is 12.1. The quantitative estimate of drug-likeness (QED) is 0.811. The number of rotatable bonds is 7. The van der Waals surface area contributed by atoms with Crippen molar-refractivity contribution in [3.05, 3.63) is 22.6 Å². The molecule has 1 aliphatic rings. The highest BCUT2D eigenvalue weighted by molar-refractivity contribution is 5.44. The van der Waals surface area contributed by atoms with Gasteiger partial charge in [-0.05, 0) is 25.7 Å². The zero-order chi connectivity index (χ0) is 15.2. The first-order valence-corrected chi connectivity index (χ1v) is 7.74. The minimum atomic E-state index is -0.0431. The van der Waals surface area contributed by atoms with Crippen molar-refractivity contribution in [2.24, 2.45) is 5.73 Å². The van der Waals surface area contributed by atoms with Crippen LogP contribution in [0.15, 0.2) is 17.1 Å². The van der Waals surface area contributed by atoms with Crippen LogP contribution in [0.2, 0.25) is 0 Å². The van der Waals surface area contributed by atoms with E-state index in [1.807, 2.05) is 0 Å². The fourth-order valence-electron chi connectivity index (χ4n) is 2.63. The number of anilines is 1. The molecule has 0 bridgehead atoms. The molecule has 0 aliphatic carbocycles. The molecule has 1 saturated heterocycles. The third kappa shape index (κ3) is 4.28. The van der Waals surface area contributed by atoms with E-state index in [1.54, 1.807) is 19.4 Å². The van der Waals surface area contributed by atoms with Gasteiger partial charge in [0.1, 0.15) is 0 Å². The van der Waals surface area contributed by atoms with Crippen LogP contribution < -0.4 is 16.2 Å². The Balaban J connectivity index is 1.93. The van der Waals surface area contributed by atoms with Crippen LogP contribution in [0, 0.1) is 0 Å². The summed E-state index contributed by atoms with van der Waals surface area (Å²) in [6.45, 7) is 4.45. The summed E-state index contributed by atoms with van der Waals surface area (Å²) in [6.07, 6.45) is 5.80. The van der Waals surface area contributed by atoms with Crippen molar-refractivity contribution < 1.29 is 4.74 Å². The first-order chi connectivity index (χ1) is 10.1. The molecule has 2 rings (SSSR count). The van der Waals surface area contributed by atoms with Crippen LogP contribution in [0.5, 0.6) is 0 Å². The Bertz CT molecular complexity index is 503. The van der Waals surface area contributed by atoms with Crippen LogP contribution in [-0.2, 0) is 11.3 Å². The zero-order valence-electron chi connectivity index (χ0n) is 13.0. The van der Waals surface area contributed by atoms with E-state index in [2.05, 4.69) is 16.9 Å². The second kappa shape index (κ2) is 7.56. The molecule has 21 heavy (non-hydrogen) atoms. The van der Waals surface area contributed by atoms with Crippen molar-refractivity contribution in [2.75, 3.05) is 25.1 Å². The highest BCUT2D eigenvalue weighted by Crippen LogP contribution is 2.19. The third-order valence-electron chi connectivity index (χ3n) is 4.17. The average Bonchev–Trinajstić information content (AvgIpc) is 2.97. The number of hydrogen-bond donors (Lipinski definition) is 1. The number of nitrogens with zero attached hydrogens (tertiary/aromatic N) is 3. The lowest BCUT2D eigenvalue weighted by Crippen LogP contribution is -2.28. The average molecular weight is 294 g/mol. The minimum Gasteiger partial charge on any atom is -0.380 e. The Hall–Kier alpha value is -1.40. The number of aromatic nitrogens is 2. The topological polar surface area (TPSA) is 73.4 Å². The Morgan fingerprint density at radius 2 is 2.38 bits per heavy atom. The summed E-state index contributed by atoms with van der Waals surface area (Å²) in [5.41, 5.74) is 6.73. The molecule has 2 atom stereocenters. The molecule has 0 aromatic carbocycles. The lowest BCUT2D eigenvalue weighted by molar-refractivity contribution is 0.121. The molecule has 0 spiro atoms. The van der Waals surface area contributed by atoms with Gasteiger partial charge in [0, 0.05) is 38.9 Å². The predicted octanol–water partition coefficient (Wildman–Crippen LogP) is 0.986. The number of nitrogens with two attached hydrogens (primary N) is 1. The molecule has 1 aliphatic heterocycles. The monoisotopic (exact) mass is 294 g/mol. The summed E-state index contributed by atoms with van der Waals surface area (Å²) in [7, 11) is 1.73. The summed E-state index contributed by atoms with van der Waals surface area (Å²) >= 11 is 0. The molecule has 0 amide bonds. The molecule has 6 heteroatoms. The van der Waals surface area contributed by atoms with Crippen LogP contribution in [0.3, 0.4) is 0 Å². The van der Waals surface area contributed by atoms with Gasteiger partial charge >= 0.3 is 0 Å². The number of aryl methyl sites for hydroxylation is 1. The SMILES string of the molecule is CCC(N)CCCn1ncc(N2CCC(OC)C2)cc1=O. The Kier molecular flexibility index (Phi) is 5.76. The molecular formula is C15H26N4O2. The summed E-state index contributed by atoms with van der Waals surface area (Å²) in [5, 5.41) is 4.28. The molecule has 6 nitrogen and oxygen atoms in total. The number of methoxy groups -OCH3 is 1. The molecule has 1 fully saturated rings.